The number of benzene rings is 1. The Morgan fingerprint density at radius 3 is 2.67 bits per heavy atom. The van der Waals surface area contributed by atoms with Gasteiger partial charge in [-0.2, -0.15) is 0 Å². The number of rotatable bonds is 2. The minimum absolute atomic E-state index is 0.379. The lowest BCUT2D eigenvalue weighted by molar-refractivity contribution is 0.177. The molecule has 1 aromatic heterocycles. The molecule has 1 saturated heterocycles. The van der Waals surface area contributed by atoms with E-state index in [0.717, 1.165) is 37.5 Å². The summed E-state index contributed by atoms with van der Waals surface area (Å²) >= 11 is 0. The first-order valence-corrected chi connectivity index (χ1v) is 6.63. The van der Waals surface area contributed by atoms with Crippen LogP contribution in [0.2, 0.25) is 0 Å². The van der Waals surface area contributed by atoms with Crippen molar-refractivity contribution in [3.63, 3.8) is 0 Å². The minimum Gasteiger partial charge on any atom is -0.330 e. The summed E-state index contributed by atoms with van der Waals surface area (Å²) in [6.45, 7) is 6.61. The van der Waals surface area contributed by atoms with Crippen molar-refractivity contribution < 1.29 is 0 Å². The van der Waals surface area contributed by atoms with Gasteiger partial charge >= 0.3 is 0 Å². The highest BCUT2D eigenvalue weighted by Crippen LogP contribution is 2.23. The van der Waals surface area contributed by atoms with Crippen LogP contribution in [0.3, 0.4) is 0 Å². The SMILES string of the molecule is CC(c1nc2ccccc2n1C)N1CCNCC1. The van der Waals surface area contributed by atoms with Gasteiger partial charge in [-0.15, -0.1) is 0 Å². The second-order valence-corrected chi connectivity index (χ2v) is 4.98. The molecule has 1 aliphatic heterocycles. The van der Waals surface area contributed by atoms with E-state index in [0.29, 0.717) is 6.04 Å². The number of nitrogens with one attached hydrogen (secondary N) is 1. The molecule has 1 aromatic carbocycles. The molecule has 18 heavy (non-hydrogen) atoms. The van der Waals surface area contributed by atoms with E-state index < -0.39 is 0 Å². The van der Waals surface area contributed by atoms with Crippen LogP contribution in [0.1, 0.15) is 18.8 Å². The third kappa shape index (κ3) is 1.91. The van der Waals surface area contributed by atoms with Crippen molar-refractivity contribution in [3.05, 3.63) is 30.1 Å². The predicted octanol–water partition coefficient (Wildman–Crippen LogP) is 1.54. The van der Waals surface area contributed by atoms with Crippen LogP contribution in [0.4, 0.5) is 0 Å². The third-order valence-corrected chi connectivity index (χ3v) is 3.89. The highest BCUT2D eigenvalue weighted by molar-refractivity contribution is 5.75. The van der Waals surface area contributed by atoms with Crippen LogP contribution in [0.5, 0.6) is 0 Å². The van der Waals surface area contributed by atoms with E-state index in [2.05, 4.69) is 53.0 Å². The summed E-state index contributed by atoms with van der Waals surface area (Å²) in [6.07, 6.45) is 0. The van der Waals surface area contributed by atoms with E-state index in [1.807, 2.05) is 0 Å². The minimum atomic E-state index is 0.379. The molecule has 1 atom stereocenters. The zero-order valence-electron chi connectivity index (χ0n) is 11.1. The Balaban J connectivity index is 1.95. The molecule has 0 spiro atoms. The van der Waals surface area contributed by atoms with E-state index in [-0.39, 0.29) is 0 Å². The second-order valence-electron chi connectivity index (χ2n) is 4.98. The highest BCUT2D eigenvalue weighted by atomic mass is 15.2. The van der Waals surface area contributed by atoms with Crippen LogP contribution in [0.15, 0.2) is 24.3 Å². The molecule has 1 unspecified atom stereocenters. The molecule has 1 N–H and O–H groups in total. The van der Waals surface area contributed by atoms with Crippen molar-refractivity contribution in [1.29, 1.82) is 0 Å². The van der Waals surface area contributed by atoms with Crippen molar-refractivity contribution >= 4 is 11.0 Å². The number of aryl methyl sites for hydroxylation is 1. The van der Waals surface area contributed by atoms with E-state index in [4.69, 9.17) is 4.98 Å². The summed E-state index contributed by atoms with van der Waals surface area (Å²) < 4.78 is 2.22. The Bertz CT molecular complexity index is 540. The number of fused-ring (bicyclic) bond motifs is 1. The Morgan fingerprint density at radius 1 is 1.22 bits per heavy atom. The maximum Gasteiger partial charge on any atom is 0.126 e. The Kier molecular flexibility index (Phi) is 3.06. The molecule has 3 rings (SSSR count). The summed E-state index contributed by atoms with van der Waals surface area (Å²) in [6, 6.07) is 8.72. The molecule has 0 radical (unpaired) electrons. The van der Waals surface area contributed by atoms with Gasteiger partial charge in [0.1, 0.15) is 5.82 Å². The maximum absolute atomic E-state index is 4.79. The van der Waals surface area contributed by atoms with Gasteiger partial charge in [-0.3, -0.25) is 4.90 Å². The van der Waals surface area contributed by atoms with Gasteiger partial charge < -0.3 is 9.88 Å². The van der Waals surface area contributed by atoms with Crippen LogP contribution in [0.25, 0.3) is 11.0 Å². The zero-order chi connectivity index (χ0) is 12.5. The molecule has 4 heteroatoms. The Labute approximate surface area is 108 Å². The molecule has 0 aliphatic carbocycles. The van der Waals surface area contributed by atoms with E-state index in [1.54, 1.807) is 0 Å². The van der Waals surface area contributed by atoms with Gasteiger partial charge in [0.05, 0.1) is 17.1 Å². The van der Waals surface area contributed by atoms with Crippen molar-refractivity contribution in [2.75, 3.05) is 26.2 Å². The molecule has 2 aromatic rings. The molecular weight excluding hydrogens is 224 g/mol. The van der Waals surface area contributed by atoms with Crippen molar-refractivity contribution in [2.24, 2.45) is 7.05 Å². The molecule has 4 nitrogen and oxygen atoms in total. The molecule has 0 amide bonds. The summed E-state index contributed by atoms with van der Waals surface area (Å²) in [5.41, 5.74) is 2.31. The highest BCUT2D eigenvalue weighted by Gasteiger charge is 2.22. The molecule has 0 saturated carbocycles. The fourth-order valence-corrected chi connectivity index (χ4v) is 2.77. The van der Waals surface area contributed by atoms with Gasteiger partial charge in [0.25, 0.3) is 0 Å². The lowest BCUT2D eigenvalue weighted by Gasteiger charge is -2.32. The summed E-state index contributed by atoms with van der Waals surface area (Å²) in [5, 5.41) is 3.39. The average Bonchev–Trinajstić information content (AvgIpc) is 2.77. The number of piperazine rings is 1. The smallest absolute Gasteiger partial charge is 0.126 e. The van der Waals surface area contributed by atoms with Gasteiger partial charge in [0, 0.05) is 33.2 Å². The standard InChI is InChI=1S/C14H20N4/c1-11(18-9-7-15-8-10-18)14-16-12-5-3-4-6-13(12)17(14)2/h3-6,11,15H,7-10H2,1-2H3. The monoisotopic (exact) mass is 244 g/mol. The quantitative estimate of drug-likeness (QED) is 0.870. The van der Waals surface area contributed by atoms with Crippen LogP contribution in [-0.4, -0.2) is 40.6 Å². The fraction of sp³-hybridized carbons (Fsp3) is 0.500. The third-order valence-electron chi connectivity index (χ3n) is 3.89. The van der Waals surface area contributed by atoms with Gasteiger partial charge in [-0.25, -0.2) is 4.98 Å². The number of aromatic nitrogens is 2. The van der Waals surface area contributed by atoms with Gasteiger partial charge in [-0.1, -0.05) is 12.1 Å². The normalized spacial score (nSPS) is 19.2. The van der Waals surface area contributed by atoms with E-state index in [1.165, 1.54) is 5.52 Å². The maximum atomic E-state index is 4.79. The first-order chi connectivity index (χ1) is 8.77. The first-order valence-electron chi connectivity index (χ1n) is 6.63. The average molecular weight is 244 g/mol. The van der Waals surface area contributed by atoms with E-state index in [9.17, 15) is 0 Å². The molecular formula is C14H20N4. The second kappa shape index (κ2) is 4.71. The topological polar surface area (TPSA) is 33.1 Å². The molecule has 0 bridgehead atoms. The number of para-hydroxylation sites is 2. The zero-order valence-corrected chi connectivity index (χ0v) is 11.1. The molecule has 96 valence electrons. The van der Waals surface area contributed by atoms with Crippen molar-refractivity contribution in [3.8, 4) is 0 Å². The van der Waals surface area contributed by atoms with Crippen LogP contribution >= 0.6 is 0 Å². The number of hydrogen-bond donors (Lipinski definition) is 1. The van der Waals surface area contributed by atoms with Crippen LogP contribution in [0, 0.1) is 0 Å². The number of hydrogen-bond acceptors (Lipinski definition) is 3. The summed E-state index contributed by atoms with van der Waals surface area (Å²) in [7, 11) is 2.11. The largest absolute Gasteiger partial charge is 0.330 e. The predicted molar refractivity (Wildman–Crippen MR) is 73.6 cm³/mol. The Morgan fingerprint density at radius 2 is 1.94 bits per heavy atom. The lowest BCUT2D eigenvalue weighted by atomic mass is 10.2. The lowest BCUT2D eigenvalue weighted by Crippen LogP contribution is -2.44. The van der Waals surface area contributed by atoms with Crippen LogP contribution in [-0.2, 0) is 7.05 Å². The van der Waals surface area contributed by atoms with Crippen molar-refractivity contribution in [2.45, 2.75) is 13.0 Å². The molecule has 1 fully saturated rings. The van der Waals surface area contributed by atoms with Gasteiger partial charge in [0.2, 0.25) is 0 Å². The van der Waals surface area contributed by atoms with Crippen LogP contribution < -0.4 is 5.32 Å². The summed E-state index contributed by atoms with van der Waals surface area (Å²) in [4.78, 5) is 7.29. The Hall–Kier alpha value is -1.39. The fourth-order valence-electron chi connectivity index (χ4n) is 2.77. The summed E-state index contributed by atoms with van der Waals surface area (Å²) in [5.74, 6) is 1.16. The van der Waals surface area contributed by atoms with E-state index >= 15 is 0 Å². The molecule has 2 heterocycles. The number of nitrogens with zero attached hydrogens (tertiary/aromatic N) is 3. The number of imidazole rings is 1. The molecule has 1 aliphatic rings. The first kappa shape index (κ1) is 11.7. The van der Waals surface area contributed by atoms with Gasteiger partial charge in [0.15, 0.2) is 0 Å². The van der Waals surface area contributed by atoms with Gasteiger partial charge in [-0.05, 0) is 19.1 Å². The van der Waals surface area contributed by atoms with Crippen molar-refractivity contribution in [1.82, 2.24) is 19.8 Å².